The molecule has 0 heterocycles. The predicted molar refractivity (Wildman–Crippen MR) is 90.9 cm³/mol. The Morgan fingerprint density at radius 1 is 0.733 bits per heavy atom. The topological polar surface area (TPSA) is 26.0 Å². The number of hydrogen-bond acceptors (Lipinski definition) is 1. The Morgan fingerprint density at radius 3 is 1.33 bits per heavy atom. The van der Waals surface area contributed by atoms with Crippen molar-refractivity contribution in [2.45, 2.75) is 5.11 Å². The largest absolute Gasteiger partial charge is 0.400 e. The lowest BCUT2D eigenvalue weighted by Gasteiger charge is -2.29. The Bertz CT molecular complexity index is 380. The zero-order valence-corrected chi connectivity index (χ0v) is 11.1. The van der Waals surface area contributed by atoms with Crippen LogP contribution in [0.2, 0.25) is 0 Å². The van der Waals surface area contributed by atoms with E-state index < -0.39 is 0 Å². The lowest BCUT2D eigenvalue weighted by Crippen LogP contribution is -2.52. The fraction of sp³-hybridized carbons (Fsp3) is 0.143. The minimum absolute atomic E-state index is 0.192. The van der Waals surface area contributed by atoms with Crippen LogP contribution in [0.1, 0.15) is 5.56 Å². The Hall–Kier alpha value is -0.525. The lowest BCUT2D eigenvalue weighted by atomic mass is 9.37. The summed E-state index contributed by atoms with van der Waals surface area (Å²) in [7, 11) is 15.4. The first kappa shape index (κ1) is 12.5. The molecule has 0 fully saturated rings. The molecule has 70 valence electrons. The van der Waals surface area contributed by atoms with E-state index in [0.29, 0.717) is 0 Å². The van der Waals surface area contributed by atoms with E-state index in [0.717, 1.165) is 5.69 Å². The average Bonchev–Trinajstić information content (AvgIpc) is 2.09. The molecule has 8 heteroatoms. The van der Waals surface area contributed by atoms with Gasteiger partial charge in [0.25, 0.3) is 0 Å². The smallest absolute Gasteiger partial charge is 0.141 e. The van der Waals surface area contributed by atoms with Crippen LogP contribution < -0.4 is 27.6 Å². The molecule has 0 saturated heterocycles. The number of hydrogen-bond donors (Lipinski definition) is 1. The summed E-state index contributed by atoms with van der Waals surface area (Å²) < 4.78 is 0. The molecule has 1 rings (SSSR count). The van der Waals surface area contributed by atoms with Crippen molar-refractivity contribution in [1.82, 2.24) is 0 Å². The highest BCUT2D eigenvalue weighted by Gasteiger charge is 2.21. The molecule has 2 N–H and O–H groups in total. The molecule has 15 heavy (non-hydrogen) atoms. The summed E-state index contributed by atoms with van der Waals surface area (Å²) in [5.74, 6) is 0. The second kappa shape index (κ2) is 3.81. The van der Waals surface area contributed by atoms with Crippen molar-refractivity contribution in [3.8, 4) is 0 Å². The third-order valence-electron chi connectivity index (χ3n) is 3.43. The number of rotatable bonds is 1. The molecule has 0 bridgehead atoms. The van der Waals surface area contributed by atoms with Gasteiger partial charge in [0.1, 0.15) is 31.4 Å². The van der Waals surface area contributed by atoms with Crippen molar-refractivity contribution >= 4 is 82.5 Å². The molecular weight excluding hydrogens is 174 g/mol. The Morgan fingerprint density at radius 2 is 1.07 bits per heavy atom. The lowest BCUT2D eigenvalue weighted by molar-refractivity contribution is 1.29. The standard InChI is InChI=1S/C7H16B7N/c8-2-1(7(12,13)14)3(9)5(11)6(15)4(2)10/h8-15H2. The predicted octanol–water partition coefficient (Wildman–Crippen LogP) is -8.69. The minimum atomic E-state index is 0.192. The maximum absolute atomic E-state index is 6.10. The van der Waals surface area contributed by atoms with Crippen LogP contribution in [0, 0.1) is 0 Å². The minimum Gasteiger partial charge on any atom is -0.400 e. The summed E-state index contributed by atoms with van der Waals surface area (Å²) in [6.07, 6.45) is 0. The van der Waals surface area contributed by atoms with E-state index in [-0.39, 0.29) is 5.11 Å². The van der Waals surface area contributed by atoms with Gasteiger partial charge in [0.05, 0.1) is 23.5 Å². The number of anilines is 1. The van der Waals surface area contributed by atoms with Gasteiger partial charge in [0, 0.05) is 5.69 Å². The second-order valence-electron chi connectivity index (χ2n) is 5.54. The molecule has 0 unspecified atom stereocenters. The highest BCUT2D eigenvalue weighted by atomic mass is 14.6. The van der Waals surface area contributed by atoms with Crippen LogP contribution in [0.15, 0.2) is 0 Å². The third kappa shape index (κ3) is 2.04. The summed E-state index contributed by atoms with van der Waals surface area (Å²) in [6, 6.07) is 0. The van der Waals surface area contributed by atoms with Crippen LogP contribution in [0.25, 0.3) is 0 Å². The summed E-state index contributed by atoms with van der Waals surface area (Å²) in [4.78, 5) is 0. The van der Waals surface area contributed by atoms with Crippen molar-refractivity contribution in [1.29, 1.82) is 0 Å². The van der Waals surface area contributed by atoms with Crippen LogP contribution in [-0.4, -0.2) is 54.9 Å². The van der Waals surface area contributed by atoms with E-state index in [4.69, 9.17) is 5.73 Å². The Kier molecular flexibility index (Phi) is 3.18. The first-order chi connectivity index (χ1) is 6.68. The molecule has 1 aromatic carbocycles. The van der Waals surface area contributed by atoms with Gasteiger partial charge in [-0.05, 0) is 0 Å². The van der Waals surface area contributed by atoms with Crippen LogP contribution >= 0.6 is 0 Å². The molecule has 1 aromatic rings. The monoisotopic (exact) mass is 191 g/mol. The SMILES string of the molecule is Bc1c(B)c(C(B)(B)B)c(B)c(B)c1N. The second-order valence-corrected chi connectivity index (χ2v) is 5.54. The molecule has 0 aliphatic rings. The molecular formula is C7H16B7N. The van der Waals surface area contributed by atoms with Gasteiger partial charge in [0.2, 0.25) is 0 Å². The van der Waals surface area contributed by atoms with E-state index in [9.17, 15) is 0 Å². The summed E-state index contributed by atoms with van der Waals surface area (Å²) in [5.41, 5.74) is 13.7. The highest BCUT2D eigenvalue weighted by Crippen LogP contribution is 2.06. The molecule has 0 spiro atoms. The van der Waals surface area contributed by atoms with Crippen LogP contribution in [-0.2, 0) is 5.11 Å². The van der Waals surface area contributed by atoms with Crippen LogP contribution in [0.5, 0.6) is 0 Å². The Labute approximate surface area is 99.2 Å². The summed E-state index contributed by atoms with van der Waals surface area (Å²) in [6.45, 7) is 0. The zero-order valence-electron chi connectivity index (χ0n) is 11.1. The van der Waals surface area contributed by atoms with Crippen molar-refractivity contribution in [3.05, 3.63) is 5.56 Å². The Balaban J connectivity index is 3.68. The molecule has 0 amide bonds. The molecule has 0 aliphatic heterocycles. The van der Waals surface area contributed by atoms with Gasteiger partial charge in [-0.1, -0.05) is 32.5 Å². The molecule has 1 nitrogen and oxygen atoms in total. The van der Waals surface area contributed by atoms with E-state index in [1.807, 2.05) is 0 Å². The molecule has 0 atom stereocenters. The molecule has 0 saturated carbocycles. The number of benzene rings is 1. The van der Waals surface area contributed by atoms with Gasteiger partial charge < -0.3 is 5.73 Å². The van der Waals surface area contributed by atoms with E-state index in [1.165, 1.54) is 27.4 Å². The maximum atomic E-state index is 6.10. The maximum Gasteiger partial charge on any atom is 0.141 e. The third-order valence-corrected chi connectivity index (χ3v) is 3.43. The van der Waals surface area contributed by atoms with Gasteiger partial charge in [-0.15, -0.1) is 0 Å². The quantitative estimate of drug-likeness (QED) is 0.345. The van der Waals surface area contributed by atoms with Gasteiger partial charge in [-0.25, -0.2) is 0 Å². The van der Waals surface area contributed by atoms with Crippen LogP contribution in [0.3, 0.4) is 0 Å². The van der Waals surface area contributed by atoms with Crippen molar-refractivity contribution in [3.63, 3.8) is 0 Å². The number of nitrogens with two attached hydrogens (primary N) is 1. The van der Waals surface area contributed by atoms with Gasteiger partial charge >= 0.3 is 0 Å². The first-order valence-electron chi connectivity index (χ1n) is 5.54. The van der Waals surface area contributed by atoms with E-state index >= 15 is 0 Å². The van der Waals surface area contributed by atoms with Crippen molar-refractivity contribution in [2.75, 3.05) is 5.73 Å². The summed E-state index contributed by atoms with van der Waals surface area (Å²) in [5, 5.41) is 0.192. The zero-order chi connectivity index (χ0) is 12.0. The van der Waals surface area contributed by atoms with Gasteiger partial charge in [0.15, 0.2) is 0 Å². The first-order valence-corrected chi connectivity index (χ1v) is 5.54. The molecule has 0 aliphatic carbocycles. The molecule has 0 radical (unpaired) electrons. The summed E-state index contributed by atoms with van der Waals surface area (Å²) >= 11 is 0. The fourth-order valence-corrected chi connectivity index (χ4v) is 2.47. The number of nitrogen functional groups attached to an aromatic ring is 1. The van der Waals surface area contributed by atoms with Crippen molar-refractivity contribution in [2.24, 2.45) is 0 Å². The normalized spacial score (nSPS) is 11.5. The van der Waals surface area contributed by atoms with E-state index in [2.05, 4.69) is 54.9 Å². The van der Waals surface area contributed by atoms with E-state index in [1.54, 1.807) is 0 Å². The van der Waals surface area contributed by atoms with Crippen molar-refractivity contribution < 1.29 is 0 Å². The average molecular weight is 190 g/mol. The fourth-order valence-electron chi connectivity index (χ4n) is 2.47. The molecule has 0 aromatic heterocycles. The van der Waals surface area contributed by atoms with Gasteiger partial charge in [-0.2, -0.15) is 0 Å². The highest BCUT2D eigenvalue weighted by molar-refractivity contribution is 6.66. The van der Waals surface area contributed by atoms with Gasteiger partial charge in [-0.3, -0.25) is 0 Å². The van der Waals surface area contributed by atoms with Crippen LogP contribution in [0.4, 0.5) is 5.69 Å².